The molecule has 3 rings (SSSR count). The van der Waals surface area contributed by atoms with E-state index in [1.807, 2.05) is 41.0 Å². The lowest BCUT2D eigenvalue weighted by Gasteiger charge is -2.17. The molecule has 4 nitrogen and oxygen atoms in total. The van der Waals surface area contributed by atoms with Crippen LogP contribution in [0.2, 0.25) is 0 Å². The number of aromatic nitrogens is 3. The van der Waals surface area contributed by atoms with Crippen molar-refractivity contribution in [1.82, 2.24) is 14.5 Å². The standard InChI is InChI=1S/C15H14BrN3O/c1-15(2,20)10-6-7-12-11(8-10)17-9-19(12)14-5-3-4-13(16)18-14/h3-9,20H,1-2H3. The first-order chi connectivity index (χ1) is 9.45. The summed E-state index contributed by atoms with van der Waals surface area (Å²) >= 11 is 3.37. The number of benzene rings is 1. The fraction of sp³-hybridized carbons (Fsp3) is 0.200. The van der Waals surface area contributed by atoms with E-state index in [-0.39, 0.29) is 0 Å². The van der Waals surface area contributed by atoms with Crippen molar-refractivity contribution < 1.29 is 5.11 Å². The maximum Gasteiger partial charge on any atom is 0.139 e. The van der Waals surface area contributed by atoms with Gasteiger partial charge in [0.1, 0.15) is 16.7 Å². The summed E-state index contributed by atoms with van der Waals surface area (Å²) < 4.78 is 2.71. The highest BCUT2D eigenvalue weighted by molar-refractivity contribution is 9.10. The van der Waals surface area contributed by atoms with Crippen LogP contribution in [0.15, 0.2) is 47.3 Å². The Morgan fingerprint density at radius 1 is 1.20 bits per heavy atom. The summed E-state index contributed by atoms with van der Waals surface area (Å²) in [5.74, 6) is 0.804. The van der Waals surface area contributed by atoms with Crippen LogP contribution in [0.25, 0.3) is 16.9 Å². The average Bonchev–Trinajstić information content (AvgIpc) is 2.80. The Hall–Kier alpha value is -1.72. The molecule has 102 valence electrons. The van der Waals surface area contributed by atoms with Crippen LogP contribution in [-0.2, 0) is 5.60 Å². The first kappa shape index (κ1) is 13.3. The van der Waals surface area contributed by atoms with Crippen LogP contribution in [0, 0.1) is 0 Å². The summed E-state index contributed by atoms with van der Waals surface area (Å²) in [5.41, 5.74) is 1.78. The molecule has 0 aliphatic rings. The molecule has 3 aromatic rings. The third-order valence-electron chi connectivity index (χ3n) is 3.20. The second-order valence-corrected chi connectivity index (χ2v) is 6.01. The Kier molecular flexibility index (Phi) is 3.11. The van der Waals surface area contributed by atoms with Gasteiger partial charge in [0, 0.05) is 0 Å². The Balaban J connectivity index is 2.15. The lowest BCUT2D eigenvalue weighted by molar-refractivity contribution is 0.0787. The van der Waals surface area contributed by atoms with Gasteiger partial charge in [0.25, 0.3) is 0 Å². The zero-order valence-electron chi connectivity index (χ0n) is 11.2. The van der Waals surface area contributed by atoms with Crippen LogP contribution in [0.1, 0.15) is 19.4 Å². The molecule has 0 amide bonds. The Labute approximate surface area is 125 Å². The van der Waals surface area contributed by atoms with Crippen molar-refractivity contribution in [3.63, 3.8) is 0 Å². The van der Waals surface area contributed by atoms with Gasteiger partial charge in [-0.25, -0.2) is 9.97 Å². The predicted molar refractivity (Wildman–Crippen MR) is 81.8 cm³/mol. The molecule has 1 aromatic carbocycles. The van der Waals surface area contributed by atoms with Gasteiger partial charge in [0.15, 0.2) is 0 Å². The molecule has 0 aliphatic heterocycles. The number of rotatable bonds is 2. The van der Waals surface area contributed by atoms with E-state index in [1.54, 1.807) is 20.2 Å². The molecule has 0 saturated carbocycles. The minimum atomic E-state index is -0.869. The third kappa shape index (κ3) is 2.34. The summed E-state index contributed by atoms with van der Waals surface area (Å²) in [6.45, 7) is 3.53. The van der Waals surface area contributed by atoms with Crippen LogP contribution in [0.4, 0.5) is 0 Å². The number of hydrogen-bond donors (Lipinski definition) is 1. The van der Waals surface area contributed by atoms with Crippen molar-refractivity contribution >= 4 is 27.0 Å². The molecule has 0 bridgehead atoms. The molecule has 0 fully saturated rings. The molecule has 1 N–H and O–H groups in total. The van der Waals surface area contributed by atoms with Crippen molar-refractivity contribution in [1.29, 1.82) is 0 Å². The van der Waals surface area contributed by atoms with E-state index in [2.05, 4.69) is 25.9 Å². The second kappa shape index (κ2) is 4.68. The highest BCUT2D eigenvalue weighted by Gasteiger charge is 2.17. The van der Waals surface area contributed by atoms with Crippen molar-refractivity contribution in [2.75, 3.05) is 0 Å². The van der Waals surface area contributed by atoms with Crippen molar-refractivity contribution in [2.24, 2.45) is 0 Å². The SMILES string of the molecule is CC(C)(O)c1ccc2c(c1)ncn2-c1cccc(Br)n1. The van der Waals surface area contributed by atoms with Gasteiger partial charge >= 0.3 is 0 Å². The zero-order valence-corrected chi connectivity index (χ0v) is 12.8. The highest BCUT2D eigenvalue weighted by Crippen LogP contribution is 2.25. The normalized spacial score (nSPS) is 12.0. The van der Waals surface area contributed by atoms with E-state index in [9.17, 15) is 5.11 Å². The number of pyridine rings is 1. The van der Waals surface area contributed by atoms with E-state index < -0.39 is 5.60 Å². The third-order valence-corrected chi connectivity index (χ3v) is 3.64. The van der Waals surface area contributed by atoms with E-state index in [1.165, 1.54) is 0 Å². The fourth-order valence-electron chi connectivity index (χ4n) is 2.11. The number of nitrogens with zero attached hydrogens (tertiary/aromatic N) is 3. The molecule has 20 heavy (non-hydrogen) atoms. The Morgan fingerprint density at radius 3 is 2.70 bits per heavy atom. The molecule has 0 aliphatic carbocycles. The lowest BCUT2D eigenvalue weighted by atomic mass is 9.98. The second-order valence-electron chi connectivity index (χ2n) is 5.20. The molecule has 0 saturated heterocycles. The molecule has 0 radical (unpaired) electrons. The van der Waals surface area contributed by atoms with Crippen molar-refractivity contribution in [3.05, 3.63) is 52.9 Å². The Morgan fingerprint density at radius 2 is 2.00 bits per heavy atom. The van der Waals surface area contributed by atoms with Gasteiger partial charge in [-0.1, -0.05) is 12.1 Å². The van der Waals surface area contributed by atoms with E-state index >= 15 is 0 Å². The first-order valence-corrected chi connectivity index (χ1v) is 7.07. The van der Waals surface area contributed by atoms with Gasteiger partial charge in [0.05, 0.1) is 16.6 Å². The number of hydrogen-bond acceptors (Lipinski definition) is 3. The van der Waals surface area contributed by atoms with Gasteiger partial charge in [-0.05, 0) is 59.6 Å². The fourth-order valence-corrected chi connectivity index (χ4v) is 2.44. The van der Waals surface area contributed by atoms with E-state index in [0.717, 1.165) is 27.0 Å². The first-order valence-electron chi connectivity index (χ1n) is 6.28. The minimum Gasteiger partial charge on any atom is -0.386 e. The van der Waals surface area contributed by atoms with Crippen LogP contribution < -0.4 is 0 Å². The van der Waals surface area contributed by atoms with E-state index in [0.29, 0.717) is 0 Å². The maximum absolute atomic E-state index is 10.1. The highest BCUT2D eigenvalue weighted by atomic mass is 79.9. The molecule has 2 aromatic heterocycles. The molecular weight excluding hydrogens is 318 g/mol. The molecule has 5 heteroatoms. The molecular formula is C15H14BrN3O. The molecule has 2 heterocycles. The van der Waals surface area contributed by atoms with Crippen LogP contribution in [0.5, 0.6) is 0 Å². The number of imidazole rings is 1. The van der Waals surface area contributed by atoms with Crippen LogP contribution in [0.3, 0.4) is 0 Å². The molecule has 0 atom stereocenters. The van der Waals surface area contributed by atoms with Crippen molar-refractivity contribution in [3.8, 4) is 5.82 Å². The lowest BCUT2D eigenvalue weighted by Crippen LogP contribution is -2.15. The predicted octanol–water partition coefficient (Wildman–Crippen LogP) is 3.41. The zero-order chi connectivity index (χ0) is 14.3. The van der Waals surface area contributed by atoms with Gasteiger partial charge in [0.2, 0.25) is 0 Å². The number of aliphatic hydroxyl groups is 1. The van der Waals surface area contributed by atoms with Gasteiger partial charge in [-0.15, -0.1) is 0 Å². The monoisotopic (exact) mass is 331 g/mol. The maximum atomic E-state index is 10.1. The van der Waals surface area contributed by atoms with Crippen LogP contribution in [-0.4, -0.2) is 19.6 Å². The summed E-state index contributed by atoms with van der Waals surface area (Å²) in [6, 6.07) is 11.5. The Bertz CT molecular complexity index is 774. The average molecular weight is 332 g/mol. The molecule has 0 spiro atoms. The number of halogens is 1. The quantitative estimate of drug-likeness (QED) is 0.732. The smallest absolute Gasteiger partial charge is 0.139 e. The summed E-state index contributed by atoms with van der Waals surface area (Å²) in [5, 5.41) is 10.1. The van der Waals surface area contributed by atoms with Gasteiger partial charge in [-0.2, -0.15) is 0 Å². The minimum absolute atomic E-state index is 0.782. The van der Waals surface area contributed by atoms with Gasteiger partial charge in [-0.3, -0.25) is 4.57 Å². The van der Waals surface area contributed by atoms with Crippen molar-refractivity contribution in [2.45, 2.75) is 19.4 Å². The summed E-state index contributed by atoms with van der Waals surface area (Å²) in [6.07, 6.45) is 1.74. The van der Waals surface area contributed by atoms with Gasteiger partial charge < -0.3 is 5.11 Å². The molecule has 0 unspecified atom stereocenters. The summed E-state index contributed by atoms with van der Waals surface area (Å²) in [4.78, 5) is 8.82. The summed E-state index contributed by atoms with van der Waals surface area (Å²) in [7, 11) is 0. The number of fused-ring (bicyclic) bond motifs is 1. The largest absolute Gasteiger partial charge is 0.386 e. The van der Waals surface area contributed by atoms with Crippen LogP contribution >= 0.6 is 15.9 Å². The van der Waals surface area contributed by atoms with E-state index in [4.69, 9.17) is 0 Å². The topological polar surface area (TPSA) is 50.9 Å².